The van der Waals surface area contributed by atoms with Gasteiger partial charge in [-0.3, -0.25) is 9.59 Å². The Balaban J connectivity index is 3.29. The second-order valence-electron chi connectivity index (χ2n) is 26.0. The third-order valence-electron chi connectivity index (χ3n) is 17.8. The number of hydrogen-bond donors (Lipinski definition) is 3. The number of unbranched alkanes of at least 4 members (excludes halogenated alkanes) is 56. The molecule has 0 radical (unpaired) electrons. The first-order valence-corrected chi connectivity index (χ1v) is 37.6. The van der Waals surface area contributed by atoms with Crippen molar-refractivity contribution in [2.45, 2.75) is 437 Å². The molecule has 0 aromatic heterocycles. The van der Waals surface area contributed by atoms with Crippen LogP contribution in [0.2, 0.25) is 0 Å². The van der Waals surface area contributed by atoms with Crippen LogP contribution in [0.3, 0.4) is 0 Å². The van der Waals surface area contributed by atoms with Crippen molar-refractivity contribution in [3.05, 3.63) is 24.3 Å². The molecule has 0 aliphatic heterocycles. The molecule has 486 valence electrons. The average Bonchev–Trinajstić information content (AvgIpc) is 3.48. The Morgan fingerprint density at radius 2 is 0.622 bits per heavy atom. The highest BCUT2D eigenvalue weighted by Crippen LogP contribution is 2.20. The minimum Gasteiger partial charge on any atom is -0.466 e. The topological polar surface area (TPSA) is 95.9 Å². The number of hydrogen-bond acceptors (Lipinski definition) is 5. The van der Waals surface area contributed by atoms with Crippen molar-refractivity contribution in [1.82, 2.24) is 5.32 Å². The van der Waals surface area contributed by atoms with Crippen LogP contribution in [0.25, 0.3) is 0 Å². The molecule has 3 N–H and O–H groups in total. The van der Waals surface area contributed by atoms with Crippen LogP contribution in [0.15, 0.2) is 24.3 Å². The zero-order valence-corrected chi connectivity index (χ0v) is 55.8. The predicted octanol–water partition coefficient (Wildman–Crippen LogP) is 24.5. The standard InChI is InChI=1S/C76H147NO5/c1-3-5-7-9-11-13-15-17-44-48-52-56-60-64-68-74(79)73(72-78)77-75(80)69-65-61-57-53-49-45-42-40-38-36-34-32-30-28-26-24-22-20-19-21-23-25-27-29-31-33-35-37-39-41-43-47-51-55-59-63-67-71-82-76(81)70-66-62-58-54-50-46-18-16-14-12-10-8-6-4-2/h10,12,16,18,73-74,78-79H,3-9,11,13-15,17,19-72H2,1-2H3,(H,77,80)/b12-10-,18-16-. The van der Waals surface area contributed by atoms with Gasteiger partial charge in [0.1, 0.15) is 0 Å². The fourth-order valence-corrected chi connectivity index (χ4v) is 12.0. The first-order chi connectivity index (χ1) is 40.5. The maximum atomic E-state index is 12.5. The summed E-state index contributed by atoms with van der Waals surface area (Å²) in [7, 11) is 0. The predicted molar refractivity (Wildman–Crippen MR) is 361 cm³/mol. The summed E-state index contributed by atoms with van der Waals surface area (Å²) in [6.07, 6.45) is 91.2. The molecule has 0 bridgehead atoms. The Hall–Kier alpha value is -1.66. The van der Waals surface area contributed by atoms with E-state index in [1.807, 2.05) is 0 Å². The summed E-state index contributed by atoms with van der Waals surface area (Å²) in [6.45, 7) is 4.94. The lowest BCUT2D eigenvalue weighted by Crippen LogP contribution is -2.45. The molecule has 0 spiro atoms. The van der Waals surface area contributed by atoms with Gasteiger partial charge in [0.2, 0.25) is 5.91 Å². The number of amides is 1. The van der Waals surface area contributed by atoms with E-state index in [0.717, 1.165) is 51.4 Å². The average molecular weight is 1160 g/mol. The van der Waals surface area contributed by atoms with E-state index in [9.17, 15) is 19.8 Å². The number of aliphatic hydroxyl groups is 2. The molecule has 82 heavy (non-hydrogen) atoms. The zero-order valence-electron chi connectivity index (χ0n) is 55.8. The molecule has 0 saturated heterocycles. The van der Waals surface area contributed by atoms with Crippen molar-refractivity contribution < 1.29 is 24.5 Å². The van der Waals surface area contributed by atoms with Gasteiger partial charge < -0.3 is 20.3 Å². The monoisotopic (exact) mass is 1150 g/mol. The Bertz CT molecular complexity index is 1280. The summed E-state index contributed by atoms with van der Waals surface area (Å²) in [5.74, 6) is -0.0170. The second-order valence-corrected chi connectivity index (χ2v) is 26.0. The summed E-state index contributed by atoms with van der Waals surface area (Å²) < 4.78 is 5.49. The third kappa shape index (κ3) is 67.5. The number of aliphatic hydroxyl groups excluding tert-OH is 2. The number of nitrogens with one attached hydrogen (secondary N) is 1. The van der Waals surface area contributed by atoms with Crippen molar-refractivity contribution in [1.29, 1.82) is 0 Å². The molecule has 2 atom stereocenters. The molecule has 0 fully saturated rings. The SMILES string of the molecule is CCCC/C=C\C/C=C\CCCCCCCC(=O)OCCCCCCCCCCCCCCCCCCCCCCCCCCCCCCCCCCCCCCCC(=O)NC(CO)C(O)CCCCCCCCCCCCCCCC. The van der Waals surface area contributed by atoms with E-state index in [4.69, 9.17) is 4.74 Å². The Kier molecular flexibility index (Phi) is 70.4. The molecule has 0 aromatic rings. The summed E-state index contributed by atoms with van der Waals surface area (Å²) in [5.41, 5.74) is 0. The summed E-state index contributed by atoms with van der Waals surface area (Å²) in [6, 6.07) is -0.536. The van der Waals surface area contributed by atoms with Gasteiger partial charge >= 0.3 is 5.97 Å². The van der Waals surface area contributed by atoms with Gasteiger partial charge in [-0.15, -0.1) is 0 Å². The molecule has 0 rings (SSSR count). The highest BCUT2D eigenvalue weighted by atomic mass is 16.5. The van der Waals surface area contributed by atoms with Crippen LogP contribution in [0.1, 0.15) is 425 Å². The largest absolute Gasteiger partial charge is 0.466 e. The molecular weight excluding hydrogens is 1010 g/mol. The first kappa shape index (κ1) is 80.3. The van der Waals surface area contributed by atoms with Crippen molar-refractivity contribution in [3.63, 3.8) is 0 Å². The molecule has 2 unspecified atom stereocenters. The highest BCUT2D eigenvalue weighted by Gasteiger charge is 2.20. The van der Waals surface area contributed by atoms with E-state index < -0.39 is 12.1 Å². The molecule has 0 saturated carbocycles. The molecular formula is C76H147NO5. The van der Waals surface area contributed by atoms with Gasteiger partial charge in [0.15, 0.2) is 0 Å². The fraction of sp³-hybridized carbons (Fsp3) is 0.921. The first-order valence-electron chi connectivity index (χ1n) is 37.6. The van der Waals surface area contributed by atoms with E-state index >= 15 is 0 Å². The van der Waals surface area contributed by atoms with E-state index in [1.54, 1.807) is 0 Å². The van der Waals surface area contributed by atoms with Crippen LogP contribution in [0.5, 0.6) is 0 Å². The molecule has 0 aromatic carbocycles. The van der Waals surface area contributed by atoms with Gasteiger partial charge in [0.25, 0.3) is 0 Å². The maximum Gasteiger partial charge on any atom is 0.305 e. The van der Waals surface area contributed by atoms with E-state index in [0.29, 0.717) is 25.9 Å². The minimum atomic E-state index is -0.659. The highest BCUT2D eigenvalue weighted by molar-refractivity contribution is 5.76. The quantitative estimate of drug-likeness (QED) is 0.0320. The number of rotatable bonds is 71. The Morgan fingerprint density at radius 3 is 0.963 bits per heavy atom. The van der Waals surface area contributed by atoms with Crippen molar-refractivity contribution in [3.8, 4) is 0 Å². The van der Waals surface area contributed by atoms with E-state index in [2.05, 4.69) is 43.5 Å². The number of allylic oxidation sites excluding steroid dienone is 4. The van der Waals surface area contributed by atoms with Crippen molar-refractivity contribution >= 4 is 11.9 Å². The normalized spacial score (nSPS) is 12.6. The minimum absolute atomic E-state index is 0.00925. The lowest BCUT2D eigenvalue weighted by Gasteiger charge is -2.22. The van der Waals surface area contributed by atoms with Crippen LogP contribution >= 0.6 is 0 Å². The number of esters is 1. The molecule has 0 heterocycles. The Morgan fingerprint density at radius 1 is 0.341 bits per heavy atom. The van der Waals surface area contributed by atoms with Gasteiger partial charge in [-0.1, -0.05) is 385 Å². The lowest BCUT2D eigenvalue weighted by molar-refractivity contribution is -0.143. The molecule has 0 aliphatic carbocycles. The van der Waals surface area contributed by atoms with Gasteiger partial charge in [-0.05, 0) is 51.4 Å². The summed E-state index contributed by atoms with van der Waals surface area (Å²) >= 11 is 0. The summed E-state index contributed by atoms with van der Waals surface area (Å²) in [5, 5.41) is 23.3. The second kappa shape index (κ2) is 71.8. The zero-order chi connectivity index (χ0) is 59.2. The third-order valence-corrected chi connectivity index (χ3v) is 17.8. The molecule has 0 aliphatic rings. The van der Waals surface area contributed by atoms with Crippen LogP contribution < -0.4 is 5.32 Å². The van der Waals surface area contributed by atoms with Gasteiger partial charge in [-0.25, -0.2) is 0 Å². The number of carbonyl (C=O) groups excluding carboxylic acids is 2. The molecule has 6 nitrogen and oxygen atoms in total. The molecule has 1 amide bonds. The van der Waals surface area contributed by atoms with Gasteiger partial charge in [0, 0.05) is 12.8 Å². The lowest BCUT2D eigenvalue weighted by atomic mass is 10.0. The van der Waals surface area contributed by atoms with Crippen LogP contribution in [0.4, 0.5) is 0 Å². The van der Waals surface area contributed by atoms with E-state index in [1.165, 1.54) is 340 Å². The van der Waals surface area contributed by atoms with Crippen molar-refractivity contribution in [2.75, 3.05) is 13.2 Å². The smallest absolute Gasteiger partial charge is 0.305 e. The molecule has 6 heteroatoms. The van der Waals surface area contributed by atoms with Crippen LogP contribution in [0, 0.1) is 0 Å². The van der Waals surface area contributed by atoms with Crippen LogP contribution in [-0.2, 0) is 14.3 Å². The van der Waals surface area contributed by atoms with Gasteiger partial charge in [-0.2, -0.15) is 0 Å². The maximum absolute atomic E-state index is 12.5. The number of ether oxygens (including phenoxy) is 1. The van der Waals surface area contributed by atoms with E-state index in [-0.39, 0.29) is 18.5 Å². The number of carbonyl (C=O) groups is 2. The van der Waals surface area contributed by atoms with Crippen molar-refractivity contribution in [2.24, 2.45) is 0 Å². The van der Waals surface area contributed by atoms with Crippen LogP contribution in [-0.4, -0.2) is 47.4 Å². The Labute approximate surface area is 513 Å². The fourth-order valence-electron chi connectivity index (χ4n) is 12.0. The van der Waals surface area contributed by atoms with Gasteiger partial charge in [0.05, 0.1) is 25.4 Å². The summed E-state index contributed by atoms with van der Waals surface area (Å²) in [4.78, 5) is 24.6.